The molecule has 1 N–H and O–H groups in total. The van der Waals surface area contributed by atoms with Crippen LogP contribution in [0.3, 0.4) is 0 Å². The van der Waals surface area contributed by atoms with Crippen LogP contribution in [0.25, 0.3) is 0 Å². The van der Waals surface area contributed by atoms with E-state index in [-0.39, 0.29) is 41.4 Å². The Labute approximate surface area is 202 Å². The van der Waals surface area contributed by atoms with E-state index < -0.39 is 0 Å². The number of hydrogen-bond donors (Lipinski definition) is 1. The van der Waals surface area contributed by atoms with E-state index in [0.717, 1.165) is 12.8 Å². The van der Waals surface area contributed by atoms with Crippen molar-refractivity contribution in [2.24, 2.45) is 23.7 Å². The molecule has 1 aliphatic heterocycles. The fourth-order valence-electron chi connectivity index (χ4n) is 6.32. The van der Waals surface area contributed by atoms with Crippen LogP contribution in [0, 0.1) is 23.7 Å². The summed E-state index contributed by atoms with van der Waals surface area (Å²) in [5.41, 5.74) is 2.74. The number of nitrogens with zero attached hydrogens (tertiary/aromatic N) is 1. The average molecular weight is 471 g/mol. The van der Waals surface area contributed by atoms with Crippen molar-refractivity contribution < 1.29 is 14.4 Å². The van der Waals surface area contributed by atoms with Crippen molar-refractivity contribution in [1.82, 2.24) is 0 Å². The zero-order valence-electron chi connectivity index (χ0n) is 18.4. The van der Waals surface area contributed by atoms with Crippen LogP contribution in [-0.2, 0) is 9.59 Å². The van der Waals surface area contributed by atoms with Gasteiger partial charge in [-0.1, -0.05) is 54.1 Å². The highest BCUT2D eigenvalue weighted by Gasteiger charge is 2.64. The van der Waals surface area contributed by atoms with Crippen LogP contribution in [0.2, 0.25) is 5.02 Å². The van der Waals surface area contributed by atoms with Crippen LogP contribution in [0.1, 0.15) is 34.7 Å². The van der Waals surface area contributed by atoms with E-state index in [1.807, 2.05) is 18.2 Å². The first kappa shape index (κ1) is 21.1. The zero-order chi connectivity index (χ0) is 23.4. The fourth-order valence-corrected chi connectivity index (χ4v) is 6.50. The topological polar surface area (TPSA) is 66.5 Å². The Morgan fingerprint density at radius 1 is 0.824 bits per heavy atom. The van der Waals surface area contributed by atoms with Gasteiger partial charge in [0.1, 0.15) is 0 Å². The molecule has 170 valence electrons. The highest BCUT2D eigenvalue weighted by atomic mass is 35.5. The average Bonchev–Trinajstić information content (AvgIpc) is 3.52. The molecule has 34 heavy (non-hydrogen) atoms. The summed E-state index contributed by atoms with van der Waals surface area (Å²) in [6.45, 7) is 0. The molecule has 1 heterocycles. The molecule has 3 fully saturated rings. The van der Waals surface area contributed by atoms with E-state index >= 15 is 0 Å². The van der Waals surface area contributed by atoms with Gasteiger partial charge in [-0.15, -0.1) is 0 Å². The summed E-state index contributed by atoms with van der Waals surface area (Å²) in [5, 5.41) is 3.24. The largest absolute Gasteiger partial charge is 0.321 e. The lowest BCUT2D eigenvalue weighted by molar-refractivity contribution is -0.123. The smallest absolute Gasteiger partial charge is 0.255 e. The number of nitrogens with one attached hydrogen (secondary N) is 1. The van der Waals surface area contributed by atoms with E-state index in [9.17, 15) is 14.4 Å². The molecule has 0 aromatic heterocycles. The Hall–Kier alpha value is -3.44. The van der Waals surface area contributed by atoms with Crippen LogP contribution < -0.4 is 10.2 Å². The summed E-state index contributed by atoms with van der Waals surface area (Å²) in [6.07, 6.45) is 1.91. The van der Waals surface area contributed by atoms with Crippen molar-refractivity contribution in [1.29, 1.82) is 0 Å². The van der Waals surface area contributed by atoms with Gasteiger partial charge in [-0.3, -0.25) is 19.3 Å². The predicted octanol–water partition coefficient (Wildman–Crippen LogP) is 5.52. The van der Waals surface area contributed by atoms with Crippen LogP contribution in [0.5, 0.6) is 0 Å². The number of anilines is 2. The monoisotopic (exact) mass is 470 g/mol. The lowest BCUT2D eigenvalue weighted by Gasteiger charge is -2.28. The van der Waals surface area contributed by atoms with E-state index in [4.69, 9.17) is 11.6 Å². The molecular weight excluding hydrogens is 448 g/mol. The molecule has 0 radical (unpaired) electrons. The molecule has 5 nitrogen and oxygen atoms in total. The quantitative estimate of drug-likeness (QED) is 0.510. The number of carbonyl (C=O) groups is 3. The second-order valence-corrected chi connectivity index (χ2v) is 9.86. The Bertz CT molecular complexity index is 1290. The molecule has 5 atom stereocenters. The normalized spacial score (nSPS) is 27.2. The van der Waals surface area contributed by atoms with Gasteiger partial charge in [0.05, 0.1) is 28.2 Å². The van der Waals surface area contributed by atoms with Crippen molar-refractivity contribution in [2.45, 2.75) is 18.8 Å². The minimum absolute atomic E-state index is 0.0951. The number of benzene rings is 3. The van der Waals surface area contributed by atoms with Crippen molar-refractivity contribution in [2.75, 3.05) is 10.2 Å². The van der Waals surface area contributed by atoms with Gasteiger partial charge in [-0.2, -0.15) is 0 Å². The van der Waals surface area contributed by atoms with E-state index in [0.29, 0.717) is 27.9 Å². The van der Waals surface area contributed by atoms with Crippen molar-refractivity contribution in [3.63, 3.8) is 0 Å². The number of carbonyl (C=O) groups excluding carboxylic acids is 3. The van der Waals surface area contributed by atoms with Crippen molar-refractivity contribution in [3.05, 3.63) is 95.0 Å². The molecule has 0 spiro atoms. The lowest BCUT2D eigenvalue weighted by Crippen LogP contribution is -2.33. The van der Waals surface area contributed by atoms with Gasteiger partial charge >= 0.3 is 0 Å². The van der Waals surface area contributed by atoms with E-state index in [1.54, 1.807) is 48.5 Å². The first-order valence-electron chi connectivity index (χ1n) is 11.6. The zero-order valence-corrected chi connectivity index (χ0v) is 19.1. The summed E-state index contributed by atoms with van der Waals surface area (Å²) in [6, 6.07) is 24.0. The highest BCUT2D eigenvalue weighted by molar-refractivity contribution is 6.34. The number of para-hydroxylation sites is 1. The second kappa shape index (κ2) is 8.10. The van der Waals surface area contributed by atoms with Crippen LogP contribution in [0.4, 0.5) is 11.4 Å². The molecule has 2 bridgehead atoms. The van der Waals surface area contributed by atoms with Gasteiger partial charge in [0.2, 0.25) is 11.8 Å². The molecule has 3 aromatic rings. The van der Waals surface area contributed by atoms with Gasteiger partial charge in [-0.25, -0.2) is 0 Å². The summed E-state index contributed by atoms with van der Waals surface area (Å²) in [4.78, 5) is 40.8. The minimum atomic E-state index is -0.306. The summed E-state index contributed by atoms with van der Waals surface area (Å²) in [5.74, 6) is -0.180. The first-order valence-corrected chi connectivity index (χ1v) is 12.0. The lowest BCUT2D eigenvalue weighted by atomic mass is 9.73. The van der Waals surface area contributed by atoms with Crippen LogP contribution in [-0.4, -0.2) is 17.7 Å². The summed E-state index contributed by atoms with van der Waals surface area (Å²) >= 11 is 6.13. The Morgan fingerprint density at radius 2 is 1.50 bits per heavy atom. The molecule has 3 aliphatic rings. The van der Waals surface area contributed by atoms with Gasteiger partial charge in [0, 0.05) is 5.56 Å². The Balaban J connectivity index is 1.22. The number of halogens is 1. The molecule has 2 saturated carbocycles. The SMILES string of the molecule is O=C(Nc1ccccc1Cl)c1ccc(N2C(=O)C3C4CC(c5ccccc5)C(C4)C3C2=O)cc1. The molecule has 6 rings (SSSR count). The number of amides is 3. The van der Waals surface area contributed by atoms with Crippen LogP contribution in [0.15, 0.2) is 78.9 Å². The number of hydrogen-bond acceptors (Lipinski definition) is 3. The molecule has 2 aliphatic carbocycles. The molecule has 3 amide bonds. The molecule has 6 heteroatoms. The van der Waals surface area contributed by atoms with Gasteiger partial charge in [0.15, 0.2) is 0 Å². The maximum Gasteiger partial charge on any atom is 0.255 e. The Morgan fingerprint density at radius 3 is 2.24 bits per heavy atom. The Kier molecular flexibility index (Phi) is 5.03. The molecule has 3 aromatic carbocycles. The van der Waals surface area contributed by atoms with Crippen molar-refractivity contribution in [3.8, 4) is 0 Å². The number of fused-ring (bicyclic) bond motifs is 5. The number of imide groups is 1. The number of rotatable bonds is 4. The van der Waals surface area contributed by atoms with Crippen molar-refractivity contribution >= 4 is 40.7 Å². The third-order valence-corrected chi connectivity index (χ3v) is 8.08. The summed E-state index contributed by atoms with van der Waals surface area (Å²) < 4.78 is 0. The minimum Gasteiger partial charge on any atom is -0.321 e. The third kappa shape index (κ3) is 3.26. The maximum absolute atomic E-state index is 13.5. The molecular formula is C28H23ClN2O3. The predicted molar refractivity (Wildman–Crippen MR) is 131 cm³/mol. The first-order chi connectivity index (χ1) is 16.5. The molecule has 1 saturated heterocycles. The summed E-state index contributed by atoms with van der Waals surface area (Å²) in [7, 11) is 0. The second-order valence-electron chi connectivity index (χ2n) is 9.46. The standard InChI is InChI=1S/C28H23ClN2O3/c29-22-8-4-5-9-23(22)30-26(32)17-10-12-19(13-11-17)31-27(33)24-18-14-20(16-6-2-1-3-7-16)21(15-18)25(24)28(31)34/h1-13,18,20-21,24-25H,14-15H2,(H,30,32). The third-order valence-electron chi connectivity index (χ3n) is 7.75. The van der Waals surface area contributed by atoms with E-state index in [1.165, 1.54) is 10.5 Å². The van der Waals surface area contributed by atoms with Gasteiger partial charge < -0.3 is 5.32 Å². The molecule has 5 unspecified atom stereocenters. The van der Waals surface area contributed by atoms with Gasteiger partial charge in [0.25, 0.3) is 5.91 Å². The van der Waals surface area contributed by atoms with E-state index in [2.05, 4.69) is 17.4 Å². The van der Waals surface area contributed by atoms with Crippen LogP contribution >= 0.6 is 11.6 Å². The maximum atomic E-state index is 13.5. The fraction of sp³-hybridized carbons (Fsp3) is 0.250. The highest BCUT2D eigenvalue weighted by Crippen LogP contribution is 2.61. The van der Waals surface area contributed by atoms with Gasteiger partial charge in [-0.05, 0) is 72.6 Å².